The highest BCUT2D eigenvalue weighted by Crippen LogP contribution is 2.31. The molecule has 1 aliphatic carbocycles. The van der Waals surface area contributed by atoms with Gasteiger partial charge in [0.2, 0.25) is 12.3 Å². The molecule has 0 aromatic heterocycles. The molecule has 0 bridgehead atoms. The number of amides is 4. The molecule has 1 N–H and O–H groups in total. The molecule has 1 saturated heterocycles. The summed E-state index contributed by atoms with van der Waals surface area (Å²) in [5, 5.41) is 13.7. The van der Waals surface area contributed by atoms with Gasteiger partial charge in [-0.2, -0.15) is 0 Å². The third kappa shape index (κ3) is 6.63. The number of hydrogen-bond donors (Lipinski definition) is 1. The van der Waals surface area contributed by atoms with Crippen LogP contribution in [0.1, 0.15) is 63.4 Å². The molecule has 3 aliphatic rings. The molecule has 0 radical (unpaired) electrons. The minimum Gasteiger partial charge on any atom is -0.323 e. The van der Waals surface area contributed by atoms with Gasteiger partial charge in [0.1, 0.15) is 0 Å². The molecule has 1 aromatic rings. The SMILES string of the molecule is O=CN(O)C(CC(=O)N1C=CCCN1C(=O)N1CCC(Cc2ccccc2)CC1)CC1CCCC1. The molecule has 2 heterocycles. The zero-order chi connectivity index (χ0) is 24.6. The predicted octanol–water partition coefficient (Wildman–Crippen LogP) is 4.21. The molecule has 8 heteroatoms. The molecule has 8 nitrogen and oxygen atoms in total. The standard InChI is InChI=1S/C27H38N4O4/c32-21-31(35)25(19-23-10-4-5-11-23)20-26(33)29-14-6-7-15-30(29)27(34)28-16-12-24(13-17-28)18-22-8-2-1-3-9-22/h1-3,6,8-9,14,21,23-25,35H,4-5,7,10-13,15-20H2. The summed E-state index contributed by atoms with van der Waals surface area (Å²) in [6, 6.07) is 9.73. The van der Waals surface area contributed by atoms with E-state index in [2.05, 4.69) is 24.3 Å². The number of hydroxylamine groups is 2. The summed E-state index contributed by atoms with van der Waals surface area (Å²) < 4.78 is 0. The lowest BCUT2D eigenvalue weighted by molar-refractivity contribution is -0.166. The average Bonchev–Trinajstić information content (AvgIpc) is 3.41. The first-order chi connectivity index (χ1) is 17.0. The van der Waals surface area contributed by atoms with Crippen LogP contribution in [0.5, 0.6) is 0 Å². The molecule has 1 atom stereocenters. The van der Waals surface area contributed by atoms with Crippen molar-refractivity contribution >= 4 is 18.3 Å². The van der Waals surface area contributed by atoms with Crippen molar-refractivity contribution < 1.29 is 19.6 Å². The summed E-state index contributed by atoms with van der Waals surface area (Å²) in [4.78, 5) is 39.8. The largest absolute Gasteiger partial charge is 0.339 e. The first-order valence-electron chi connectivity index (χ1n) is 13.1. The van der Waals surface area contributed by atoms with Crippen LogP contribution < -0.4 is 0 Å². The minimum absolute atomic E-state index is 0.0149. The number of rotatable bonds is 8. The lowest BCUT2D eigenvalue weighted by Crippen LogP contribution is -2.55. The number of hydrazine groups is 1. The molecule has 1 aromatic carbocycles. The molecular weight excluding hydrogens is 444 g/mol. The van der Waals surface area contributed by atoms with E-state index in [1.165, 1.54) is 15.6 Å². The van der Waals surface area contributed by atoms with Crippen LogP contribution in [0.2, 0.25) is 0 Å². The topological polar surface area (TPSA) is 84.4 Å². The van der Waals surface area contributed by atoms with E-state index in [4.69, 9.17) is 0 Å². The van der Waals surface area contributed by atoms with Crippen molar-refractivity contribution in [1.29, 1.82) is 0 Å². The Bertz CT molecular complexity index is 878. The highest BCUT2D eigenvalue weighted by Gasteiger charge is 2.34. The Balaban J connectivity index is 1.34. The molecule has 190 valence electrons. The van der Waals surface area contributed by atoms with Gasteiger partial charge in [-0.05, 0) is 49.5 Å². The summed E-state index contributed by atoms with van der Waals surface area (Å²) in [7, 11) is 0. The van der Waals surface area contributed by atoms with Crippen LogP contribution in [-0.4, -0.2) is 69.2 Å². The second kappa shape index (κ2) is 12.2. The molecule has 4 amide bonds. The van der Waals surface area contributed by atoms with E-state index in [-0.39, 0.29) is 18.4 Å². The third-order valence-corrected chi connectivity index (χ3v) is 7.72. The van der Waals surface area contributed by atoms with Gasteiger partial charge >= 0.3 is 6.03 Å². The highest BCUT2D eigenvalue weighted by molar-refractivity contribution is 5.83. The van der Waals surface area contributed by atoms with Gasteiger partial charge in [0.25, 0.3) is 0 Å². The predicted molar refractivity (Wildman–Crippen MR) is 132 cm³/mol. The lowest BCUT2D eigenvalue weighted by atomic mass is 9.90. The Morgan fingerprint density at radius 2 is 1.74 bits per heavy atom. The zero-order valence-electron chi connectivity index (χ0n) is 20.5. The molecule has 1 saturated carbocycles. The first kappa shape index (κ1) is 25.2. The van der Waals surface area contributed by atoms with Gasteiger partial charge in [0.15, 0.2) is 0 Å². The van der Waals surface area contributed by atoms with Crippen LogP contribution in [-0.2, 0) is 16.0 Å². The number of hydrogen-bond acceptors (Lipinski definition) is 4. The third-order valence-electron chi connectivity index (χ3n) is 7.72. The fraction of sp³-hybridized carbons (Fsp3) is 0.593. The Kier molecular flexibility index (Phi) is 8.79. The van der Waals surface area contributed by atoms with Crippen LogP contribution in [0.3, 0.4) is 0 Å². The van der Waals surface area contributed by atoms with E-state index in [9.17, 15) is 19.6 Å². The van der Waals surface area contributed by atoms with E-state index in [1.807, 2.05) is 17.0 Å². The average molecular weight is 483 g/mol. The summed E-state index contributed by atoms with van der Waals surface area (Å²) in [6.07, 6.45) is 12.5. The fourth-order valence-corrected chi connectivity index (χ4v) is 5.70. The molecular formula is C27H38N4O4. The number of benzene rings is 1. The number of nitrogens with zero attached hydrogens (tertiary/aromatic N) is 4. The fourth-order valence-electron chi connectivity index (χ4n) is 5.70. The Labute approximate surface area is 208 Å². The van der Waals surface area contributed by atoms with Crippen molar-refractivity contribution in [3.63, 3.8) is 0 Å². The summed E-state index contributed by atoms with van der Waals surface area (Å²) in [6.45, 7) is 1.80. The summed E-state index contributed by atoms with van der Waals surface area (Å²) >= 11 is 0. The molecule has 2 fully saturated rings. The van der Waals surface area contributed by atoms with Crippen LogP contribution >= 0.6 is 0 Å². The van der Waals surface area contributed by atoms with E-state index < -0.39 is 6.04 Å². The van der Waals surface area contributed by atoms with E-state index in [0.29, 0.717) is 55.8 Å². The smallest absolute Gasteiger partial charge is 0.323 e. The normalized spacial score (nSPS) is 20.2. The van der Waals surface area contributed by atoms with Crippen molar-refractivity contribution in [1.82, 2.24) is 20.0 Å². The van der Waals surface area contributed by atoms with Crippen LogP contribution in [0, 0.1) is 11.8 Å². The number of piperidine rings is 1. The van der Waals surface area contributed by atoms with Crippen molar-refractivity contribution in [3.05, 3.63) is 48.2 Å². The number of likely N-dealkylation sites (tertiary alicyclic amines) is 1. The van der Waals surface area contributed by atoms with Crippen LogP contribution in [0.15, 0.2) is 42.6 Å². The Morgan fingerprint density at radius 3 is 2.43 bits per heavy atom. The van der Waals surface area contributed by atoms with Gasteiger partial charge in [-0.1, -0.05) is 62.1 Å². The van der Waals surface area contributed by atoms with Gasteiger partial charge in [0.05, 0.1) is 12.5 Å². The van der Waals surface area contributed by atoms with Crippen molar-refractivity contribution in [2.75, 3.05) is 19.6 Å². The summed E-state index contributed by atoms with van der Waals surface area (Å²) in [5.41, 5.74) is 1.33. The second-order valence-corrected chi connectivity index (χ2v) is 10.2. The quantitative estimate of drug-likeness (QED) is 0.342. The molecule has 1 unspecified atom stereocenters. The maximum Gasteiger partial charge on any atom is 0.339 e. The van der Waals surface area contributed by atoms with Crippen LogP contribution in [0.4, 0.5) is 4.79 Å². The lowest BCUT2D eigenvalue weighted by Gasteiger charge is -2.41. The van der Waals surface area contributed by atoms with Crippen molar-refractivity contribution in [2.24, 2.45) is 11.8 Å². The van der Waals surface area contributed by atoms with Gasteiger partial charge in [-0.15, -0.1) is 0 Å². The molecule has 35 heavy (non-hydrogen) atoms. The van der Waals surface area contributed by atoms with Crippen molar-refractivity contribution in [2.45, 2.75) is 70.3 Å². The molecule has 0 spiro atoms. The van der Waals surface area contributed by atoms with Crippen LogP contribution in [0.25, 0.3) is 0 Å². The Morgan fingerprint density at radius 1 is 1.03 bits per heavy atom. The molecule has 2 aliphatic heterocycles. The monoisotopic (exact) mass is 482 g/mol. The highest BCUT2D eigenvalue weighted by atomic mass is 16.5. The van der Waals surface area contributed by atoms with E-state index in [0.717, 1.165) is 44.9 Å². The van der Waals surface area contributed by atoms with Crippen molar-refractivity contribution in [3.8, 4) is 0 Å². The van der Waals surface area contributed by atoms with Gasteiger partial charge in [-0.3, -0.25) is 14.8 Å². The summed E-state index contributed by atoms with van der Waals surface area (Å²) in [5.74, 6) is 0.682. The Hall–Kier alpha value is -2.87. The van der Waals surface area contributed by atoms with E-state index >= 15 is 0 Å². The first-order valence-corrected chi connectivity index (χ1v) is 13.1. The maximum atomic E-state index is 13.4. The second-order valence-electron chi connectivity index (χ2n) is 10.2. The number of urea groups is 1. The zero-order valence-corrected chi connectivity index (χ0v) is 20.5. The van der Waals surface area contributed by atoms with Gasteiger partial charge < -0.3 is 4.90 Å². The van der Waals surface area contributed by atoms with E-state index in [1.54, 1.807) is 6.20 Å². The molecule has 4 rings (SSSR count). The maximum absolute atomic E-state index is 13.4. The number of carbonyl (C=O) groups excluding carboxylic acids is 3. The number of carbonyl (C=O) groups is 3. The van der Waals surface area contributed by atoms with Gasteiger partial charge in [0, 0.05) is 25.8 Å². The minimum atomic E-state index is -0.580. The van der Waals surface area contributed by atoms with Gasteiger partial charge in [-0.25, -0.2) is 19.9 Å².